The molecule has 2 rings (SSSR count). The summed E-state index contributed by atoms with van der Waals surface area (Å²) in [7, 11) is 0. The highest BCUT2D eigenvalue weighted by molar-refractivity contribution is 5.81. The summed E-state index contributed by atoms with van der Waals surface area (Å²) >= 11 is 0. The van der Waals surface area contributed by atoms with E-state index in [2.05, 4.69) is 5.10 Å². The normalized spacial score (nSPS) is 18.8. The lowest BCUT2D eigenvalue weighted by Gasteiger charge is -2.33. The Morgan fingerprint density at radius 3 is 2.70 bits per heavy atom. The molecule has 0 saturated carbocycles. The van der Waals surface area contributed by atoms with E-state index in [1.807, 2.05) is 49.7 Å². The molecule has 0 spiro atoms. The van der Waals surface area contributed by atoms with Crippen molar-refractivity contribution >= 4 is 11.9 Å². The molecule has 1 fully saturated rings. The molecule has 1 saturated heterocycles. The average Bonchev–Trinajstić information content (AvgIpc) is 2.90. The summed E-state index contributed by atoms with van der Waals surface area (Å²) in [5.74, 6) is -0.299. The topological polar surface area (TPSA) is 64.4 Å². The summed E-state index contributed by atoms with van der Waals surface area (Å²) in [6.07, 6.45) is 6.18. The van der Waals surface area contributed by atoms with Crippen molar-refractivity contribution in [3.63, 3.8) is 0 Å². The van der Waals surface area contributed by atoms with Gasteiger partial charge in [-0.2, -0.15) is 5.10 Å². The van der Waals surface area contributed by atoms with E-state index in [9.17, 15) is 9.59 Å². The fourth-order valence-electron chi connectivity index (χ4n) is 2.79. The molecule has 0 unspecified atom stereocenters. The number of nitrogens with zero attached hydrogens (tertiary/aromatic N) is 3. The summed E-state index contributed by atoms with van der Waals surface area (Å²) in [5.41, 5.74) is 0.618. The first-order valence-corrected chi connectivity index (χ1v) is 8.25. The predicted octanol–water partition coefficient (Wildman–Crippen LogP) is 2.48. The van der Waals surface area contributed by atoms with E-state index in [0.717, 1.165) is 24.9 Å². The van der Waals surface area contributed by atoms with Gasteiger partial charge in [0.15, 0.2) is 0 Å². The number of rotatable bonds is 4. The first kappa shape index (κ1) is 17.5. The van der Waals surface area contributed by atoms with Gasteiger partial charge in [-0.25, -0.2) is 0 Å². The average molecular weight is 321 g/mol. The third kappa shape index (κ3) is 5.37. The van der Waals surface area contributed by atoms with Crippen LogP contribution in [0.3, 0.4) is 0 Å². The highest BCUT2D eigenvalue weighted by Gasteiger charge is 2.26. The highest BCUT2D eigenvalue weighted by atomic mass is 16.6. The number of carbonyl (C=O) groups is 2. The van der Waals surface area contributed by atoms with Crippen molar-refractivity contribution in [2.75, 3.05) is 13.1 Å². The second kappa shape index (κ2) is 7.15. The summed E-state index contributed by atoms with van der Waals surface area (Å²) in [4.78, 5) is 25.9. The second-order valence-electron chi connectivity index (χ2n) is 7.22. The lowest BCUT2D eigenvalue weighted by molar-refractivity contribution is -0.156. The third-order valence-corrected chi connectivity index (χ3v) is 3.82. The Labute approximate surface area is 137 Å². The smallest absolute Gasteiger partial charge is 0.306 e. The van der Waals surface area contributed by atoms with E-state index in [4.69, 9.17) is 4.74 Å². The predicted molar refractivity (Wildman–Crippen MR) is 86.9 cm³/mol. The van der Waals surface area contributed by atoms with Gasteiger partial charge in [-0.1, -0.05) is 0 Å². The molecule has 0 radical (unpaired) electrons. The third-order valence-electron chi connectivity index (χ3n) is 3.82. The lowest BCUT2D eigenvalue weighted by atomic mass is 10.1. The van der Waals surface area contributed by atoms with Crippen LogP contribution in [0.15, 0.2) is 12.4 Å². The standard InChI is InChI=1S/C17H27N3O3/c1-13-10-18-20(11-13)14-6-5-9-19(12-14)15(21)7-8-16(22)23-17(2,3)4/h10-11,14H,5-9,12H2,1-4H3/t14-/m1/s1. The van der Waals surface area contributed by atoms with Crippen LogP contribution < -0.4 is 0 Å². The minimum absolute atomic E-state index is 0.0180. The van der Waals surface area contributed by atoms with E-state index in [1.54, 1.807) is 0 Å². The molecular formula is C17H27N3O3. The number of aromatic nitrogens is 2. The van der Waals surface area contributed by atoms with Gasteiger partial charge in [0.2, 0.25) is 5.91 Å². The van der Waals surface area contributed by atoms with E-state index in [-0.39, 0.29) is 30.8 Å². The number of piperidine rings is 1. The largest absolute Gasteiger partial charge is 0.460 e. The fraction of sp³-hybridized carbons (Fsp3) is 0.706. The number of aryl methyl sites for hydroxylation is 1. The van der Waals surface area contributed by atoms with Crippen LogP contribution in [0.4, 0.5) is 0 Å². The van der Waals surface area contributed by atoms with Gasteiger partial charge in [0.05, 0.1) is 18.7 Å². The van der Waals surface area contributed by atoms with Crippen molar-refractivity contribution in [2.24, 2.45) is 0 Å². The number of amides is 1. The van der Waals surface area contributed by atoms with Gasteiger partial charge in [0, 0.05) is 25.7 Å². The van der Waals surface area contributed by atoms with Crippen molar-refractivity contribution in [2.45, 2.75) is 65.0 Å². The van der Waals surface area contributed by atoms with Crippen LogP contribution in [0.2, 0.25) is 0 Å². The molecule has 1 atom stereocenters. The molecular weight excluding hydrogens is 294 g/mol. The Morgan fingerprint density at radius 1 is 1.35 bits per heavy atom. The Bertz CT molecular complexity index is 560. The van der Waals surface area contributed by atoms with E-state index in [1.165, 1.54) is 0 Å². The molecule has 0 N–H and O–H groups in total. The number of hydrogen-bond acceptors (Lipinski definition) is 4. The maximum atomic E-state index is 12.3. The maximum Gasteiger partial charge on any atom is 0.306 e. The molecule has 6 heteroatoms. The first-order valence-electron chi connectivity index (χ1n) is 8.25. The minimum Gasteiger partial charge on any atom is -0.460 e. The summed E-state index contributed by atoms with van der Waals surface area (Å²) in [6.45, 7) is 8.91. The van der Waals surface area contributed by atoms with Gasteiger partial charge < -0.3 is 9.64 Å². The van der Waals surface area contributed by atoms with Crippen LogP contribution in [0.1, 0.15) is 58.1 Å². The van der Waals surface area contributed by atoms with Crippen LogP contribution in [0, 0.1) is 6.92 Å². The van der Waals surface area contributed by atoms with Gasteiger partial charge in [0.1, 0.15) is 5.60 Å². The molecule has 1 aliphatic heterocycles. The Morgan fingerprint density at radius 2 is 2.09 bits per heavy atom. The van der Waals surface area contributed by atoms with Crippen LogP contribution in [-0.4, -0.2) is 45.2 Å². The Hall–Kier alpha value is -1.85. The second-order valence-corrected chi connectivity index (χ2v) is 7.22. The molecule has 128 valence electrons. The lowest BCUT2D eigenvalue weighted by Crippen LogP contribution is -2.41. The quantitative estimate of drug-likeness (QED) is 0.799. The monoisotopic (exact) mass is 321 g/mol. The van der Waals surface area contributed by atoms with E-state index < -0.39 is 5.60 Å². The van der Waals surface area contributed by atoms with Gasteiger partial charge in [-0.05, 0) is 46.1 Å². The molecule has 0 bridgehead atoms. The van der Waals surface area contributed by atoms with Crippen molar-refractivity contribution < 1.29 is 14.3 Å². The number of carbonyl (C=O) groups excluding carboxylic acids is 2. The Kier molecular flexibility index (Phi) is 5.44. The molecule has 1 aromatic heterocycles. The summed E-state index contributed by atoms with van der Waals surface area (Å²) in [6, 6.07) is 0.225. The minimum atomic E-state index is -0.506. The van der Waals surface area contributed by atoms with Crippen LogP contribution in [0.5, 0.6) is 0 Å². The number of esters is 1. The van der Waals surface area contributed by atoms with Gasteiger partial charge in [-0.15, -0.1) is 0 Å². The Balaban J connectivity index is 1.83. The molecule has 1 aromatic rings. The van der Waals surface area contributed by atoms with Crippen molar-refractivity contribution in [1.29, 1.82) is 0 Å². The van der Waals surface area contributed by atoms with Crippen molar-refractivity contribution in [3.05, 3.63) is 18.0 Å². The molecule has 1 amide bonds. The zero-order chi connectivity index (χ0) is 17.0. The zero-order valence-corrected chi connectivity index (χ0v) is 14.5. The van der Waals surface area contributed by atoms with Gasteiger partial charge in [0.25, 0.3) is 0 Å². The summed E-state index contributed by atoms with van der Waals surface area (Å²) in [5, 5.41) is 4.35. The number of hydrogen-bond donors (Lipinski definition) is 0. The maximum absolute atomic E-state index is 12.3. The van der Waals surface area contributed by atoms with Crippen molar-refractivity contribution in [1.82, 2.24) is 14.7 Å². The zero-order valence-electron chi connectivity index (χ0n) is 14.5. The van der Waals surface area contributed by atoms with Crippen molar-refractivity contribution in [3.8, 4) is 0 Å². The fourth-order valence-corrected chi connectivity index (χ4v) is 2.79. The molecule has 6 nitrogen and oxygen atoms in total. The SMILES string of the molecule is Cc1cnn([C@@H]2CCCN(C(=O)CCC(=O)OC(C)(C)C)C2)c1. The van der Waals surface area contributed by atoms with Crippen LogP contribution in [0.25, 0.3) is 0 Å². The molecule has 0 aliphatic carbocycles. The van der Waals surface area contributed by atoms with E-state index >= 15 is 0 Å². The molecule has 1 aliphatic rings. The number of ether oxygens (including phenoxy) is 1. The molecule has 23 heavy (non-hydrogen) atoms. The summed E-state index contributed by atoms with van der Waals surface area (Å²) < 4.78 is 7.19. The highest BCUT2D eigenvalue weighted by Crippen LogP contribution is 2.22. The van der Waals surface area contributed by atoms with Crippen LogP contribution >= 0.6 is 0 Å². The first-order chi connectivity index (χ1) is 10.7. The van der Waals surface area contributed by atoms with Gasteiger partial charge in [-0.3, -0.25) is 14.3 Å². The van der Waals surface area contributed by atoms with Gasteiger partial charge >= 0.3 is 5.97 Å². The molecule has 0 aromatic carbocycles. The van der Waals surface area contributed by atoms with E-state index in [0.29, 0.717) is 6.54 Å². The number of likely N-dealkylation sites (tertiary alicyclic amines) is 1. The van der Waals surface area contributed by atoms with Crippen LogP contribution in [-0.2, 0) is 14.3 Å². The molecule has 2 heterocycles.